The van der Waals surface area contributed by atoms with Gasteiger partial charge in [0.15, 0.2) is 36.2 Å². The van der Waals surface area contributed by atoms with Crippen molar-refractivity contribution in [2.75, 3.05) is 62.2 Å². The number of hydrogen-bond donors (Lipinski definition) is 7. The van der Waals surface area contributed by atoms with Gasteiger partial charge in [-0.2, -0.15) is 0 Å². The number of aromatic amines is 3. The van der Waals surface area contributed by atoms with Crippen molar-refractivity contribution in [3.05, 3.63) is 233 Å². The molecule has 0 unspecified atom stereocenters. The number of esters is 2. The molecule has 0 saturated heterocycles. The Labute approximate surface area is 702 Å². The predicted molar refractivity (Wildman–Crippen MR) is 462 cm³/mol. The lowest BCUT2D eigenvalue weighted by molar-refractivity contribution is 0.0581. The first-order valence-electron chi connectivity index (χ1n) is 32.3. The van der Waals surface area contributed by atoms with Crippen molar-refractivity contribution >= 4 is 210 Å². The van der Waals surface area contributed by atoms with Gasteiger partial charge in [-0.15, -0.1) is 20.4 Å². The van der Waals surface area contributed by atoms with Gasteiger partial charge in [-0.25, -0.2) is 47.3 Å². The van der Waals surface area contributed by atoms with Gasteiger partial charge in [0.1, 0.15) is 41.6 Å². The van der Waals surface area contributed by atoms with Gasteiger partial charge < -0.3 is 15.3 Å². The van der Waals surface area contributed by atoms with Gasteiger partial charge in [0, 0.05) is 36.5 Å². The van der Waals surface area contributed by atoms with Crippen molar-refractivity contribution in [3.8, 4) is 0 Å². The summed E-state index contributed by atoms with van der Waals surface area (Å²) in [5.74, 6) is 4.20. The molecule has 0 spiro atoms. The number of carbonyl (C=O) groups excluding carboxylic acids is 3. The standard InChI is InChI=1S/C15H15N3O3S.C8H7BrClN3S.C8H10BrN3S.C8H8BrN3S.C8H8ClN3S.C8H9N3OS.C7H7N3OS.C7H10N2O2/c1-10-8-9-18(12(10)14(20)21-2)17-15(22)16-13(19)11-6-4-3-5-7-11;1-4-3-5(9)13-6(4)7(10)11-8(12-13)14-2;2*1-5-3-7(9)12-6(5)4-10-8(11-12)13-2;1-5-3-4-12-6(5)7(9)10-8(11-12)13-2;1-5-3-4-11-6(5)7(12)9-8(10-11)13-2;1-4-2-3-10-5(4)6(11)8-7(12)9-10;1-5-3-4-9(8)6(5)7(10)11-2/h3-9H,1-2H3,(H2,16,17,19,22);3H,1-2H3;3H,4H2,1-2H3,(H,10,11);2*3-4H,1-2H3;3-4H,1-2H3,(H,9,10,12);2-3H,1H3,(H2,8,9,11,12);3-4H,8H2,1-2H3. The molecule has 1 aliphatic heterocycles. The summed E-state index contributed by atoms with van der Waals surface area (Å²) >= 11 is 39.8. The van der Waals surface area contributed by atoms with E-state index in [-0.39, 0.29) is 22.1 Å². The molecule has 0 saturated carbocycles. The van der Waals surface area contributed by atoms with Crippen LogP contribution in [0.4, 0.5) is 0 Å². The highest BCUT2D eigenvalue weighted by Crippen LogP contribution is 2.28. The molecule has 0 atom stereocenters. The number of benzene rings is 1. The fraction of sp³-hybridized carbons (Fsp3) is 0.232. The van der Waals surface area contributed by atoms with Crippen LogP contribution in [0.15, 0.2) is 165 Å². The van der Waals surface area contributed by atoms with Crippen molar-refractivity contribution in [1.29, 1.82) is 0 Å². The minimum Gasteiger partial charge on any atom is -0.464 e. The first-order valence-corrected chi connectivity index (χ1v) is 42.4. The highest BCUT2D eigenvalue weighted by molar-refractivity contribution is 9.11. The van der Waals surface area contributed by atoms with E-state index in [1.54, 1.807) is 105 Å². The molecule has 0 radical (unpaired) electrons. The van der Waals surface area contributed by atoms with E-state index in [0.717, 1.165) is 80.6 Å². The fourth-order valence-corrected chi connectivity index (χ4v) is 15.0. The zero-order valence-corrected chi connectivity index (χ0v) is 74.0. The van der Waals surface area contributed by atoms with Gasteiger partial charge in [0.2, 0.25) is 15.5 Å². The number of aromatic nitrogens is 18. The maximum Gasteiger partial charge on any atom is 0.356 e. The number of thiocarbonyl (C=S) groups is 1. The molecule has 30 nitrogen and oxygen atoms in total. The van der Waals surface area contributed by atoms with Crippen molar-refractivity contribution in [2.24, 2.45) is 4.99 Å². The second-order valence-electron chi connectivity index (χ2n) is 23.1. The highest BCUT2D eigenvalue weighted by atomic mass is 79.9. The van der Waals surface area contributed by atoms with Crippen molar-refractivity contribution in [3.63, 3.8) is 0 Å². The summed E-state index contributed by atoms with van der Waals surface area (Å²) in [7, 11) is 2.63. The number of H-pyrrole nitrogens is 3. The SMILES string of the molecule is COC(=O)c1c(C)ccn1N.COC(=O)c1c(C)ccn1NC(=S)NC(=O)c1ccccc1.CSC1=NCc2c(C)cc(Br)n2N1.CSc1nc(Cl)c2c(C)cc(Br)n2n1.CSc1nc(Cl)c2c(C)ccn2n1.CSc1ncc2c(C)cc(Br)n2n1.CSc1nn2ccc(C)c2c(=O)[nH]1.Cc1ccn2[nH]c(=S)[nH]c(=O)c12. The normalized spacial score (nSPS) is 11.1. The Kier molecular flexibility index (Phi) is 32.2. The van der Waals surface area contributed by atoms with Gasteiger partial charge in [0.25, 0.3) is 17.0 Å². The number of nitrogens with zero attached hydrogens (tertiary/aromatic N) is 16. The molecule has 8 N–H and O–H groups in total. The summed E-state index contributed by atoms with van der Waals surface area (Å²) in [6.07, 6.45) is 20.2. The summed E-state index contributed by atoms with van der Waals surface area (Å²) in [6.45, 7) is 16.2. The van der Waals surface area contributed by atoms with Crippen molar-refractivity contribution in [2.45, 2.75) is 82.6 Å². The number of amidine groups is 1. The maximum atomic E-state index is 12.0. The maximum absolute atomic E-state index is 12.0. The Balaban J connectivity index is 0.000000161. The second kappa shape index (κ2) is 40.7. The average molecular weight is 1870 g/mol. The molecule has 1 aliphatic rings. The van der Waals surface area contributed by atoms with Crippen molar-refractivity contribution in [1.82, 2.24) is 92.3 Å². The number of fused-ring (bicyclic) bond motifs is 6. The Bertz CT molecular complexity index is 5900. The number of halogens is 5. The number of rotatable bonds is 8. The molecule has 584 valence electrons. The molecule has 14 heterocycles. The Morgan fingerprint density at radius 1 is 0.586 bits per heavy atom. The minimum absolute atomic E-state index is 0.0783. The van der Waals surface area contributed by atoms with Crippen LogP contribution in [0.2, 0.25) is 10.3 Å². The van der Waals surface area contributed by atoms with E-state index in [4.69, 9.17) is 58.2 Å². The van der Waals surface area contributed by atoms with Crippen LogP contribution in [0.3, 0.4) is 0 Å². The lowest BCUT2D eigenvalue weighted by Gasteiger charge is -2.18. The monoisotopic (exact) mass is 1870 g/mol. The molecule has 111 heavy (non-hydrogen) atoms. The molecule has 13 aromatic heterocycles. The van der Waals surface area contributed by atoms with Crippen LogP contribution in [-0.2, 0) is 16.0 Å². The first kappa shape index (κ1) is 87.9. The number of carbonyl (C=O) groups is 3. The van der Waals surface area contributed by atoms with Crippen LogP contribution in [0.25, 0.3) is 27.6 Å². The third kappa shape index (κ3) is 22.2. The van der Waals surface area contributed by atoms with Crippen LogP contribution in [0, 0.1) is 60.2 Å². The van der Waals surface area contributed by atoms with Gasteiger partial charge in [-0.3, -0.25) is 64.5 Å². The predicted octanol–water partition coefficient (Wildman–Crippen LogP) is 14.6. The van der Waals surface area contributed by atoms with Crippen LogP contribution >= 0.6 is 154 Å². The lowest BCUT2D eigenvalue weighted by atomic mass is 10.2. The van der Waals surface area contributed by atoms with Gasteiger partial charge >= 0.3 is 11.9 Å². The van der Waals surface area contributed by atoms with Gasteiger partial charge in [-0.05, 0) is 264 Å². The molecule has 42 heteroatoms. The third-order valence-corrected chi connectivity index (χ3v) is 21.1. The van der Waals surface area contributed by atoms with E-state index in [1.165, 1.54) is 87.4 Å². The molecule has 0 fully saturated rings. The third-order valence-electron chi connectivity index (χ3n) is 15.7. The van der Waals surface area contributed by atoms with Crippen LogP contribution in [0.5, 0.6) is 0 Å². The van der Waals surface area contributed by atoms with E-state index in [9.17, 15) is 24.0 Å². The van der Waals surface area contributed by atoms with Gasteiger partial charge in [0.05, 0.1) is 38.2 Å². The number of aryl methyl sites for hydroxylation is 8. The molecule has 0 aliphatic carbocycles. The fourth-order valence-electron chi connectivity index (χ4n) is 10.2. The number of nitrogens with two attached hydrogens (primary N) is 1. The van der Waals surface area contributed by atoms with E-state index in [1.807, 2.05) is 124 Å². The number of nitrogen functional groups attached to an aromatic ring is 1. The van der Waals surface area contributed by atoms with Crippen LogP contribution in [0.1, 0.15) is 81.5 Å². The van der Waals surface area contributed by atoms with Crippen LogP contribution in [-0.4, -0.2) is 161 Å². The number of methoxy groups -OCH3 is 2. The molecule has 0 bridgehead atoms. The summed E-state index contributed by atoms with van der Waals surface area (Å²) < 4.78 is 25.8. The second-order valence-corrected chi connectivity index (χ2v) is 31.0. The van der Waals surface area contributed by atoms with E-state index < -0.39 is 11.9 Å². The summed E-state index contributed by atoms with van der Waals surface area (Å²) in [6, 6.07) is 24.0. The minimum atomic E-state index is -0.493. The molecular formula is C69H74Br3Cl2N23O7S7. The summed E-state index contributed by atoms with van der Waals surface area (Å²) in [4.78, 5) is 79.7. The lowest BCUT2D eigenvalue weighted by Crippen LogP contribution is -2.38. The zero-order valence-electron chi connectivity index (χ0n) is 62.0. The van der Waals surface area contributed by atoms with Gasteiger partial charge in [-0.1, -0.05) is 100 Å². The number of thioether (sulfide) groups is 5. The summed E-state index contributed by atoms with van der Waals surface area (Å²) in [5, 5.41) is 27.3. The summed E-state index contributed by atoms with van der Waals surface area (Å²) in [5.41, 5.74) is 20.2. The smallest absolute Gasteiger partial charge is 0.356 e. The molecular weight excluding hydrogens is 1800 g/mol. The van der Waals surface area contributed by atoms with E-state index in [2.05, 4.69) is 137 Å². The average Bonchev–Trinajstić information content (AvgIpc) is 1.70. The topological polar surface area (TPSA) is 353 Å². The molecule has 1 aromatic carbocycles. The Hall–Kier alpha value is -8.68. The molecule has 15 rings (SSSR count). The van der Waals surface area contributed by atoms with E-state index >= 15 is 0 Å². The molecule has 14 aromatic rings. The quantitative estimate of drug-likeness (QED) is 0.0321. The van der Waals surface area contributed by atoms with Crippen molar-refractivity contribution < 1.29 is 23.9 Å². The zero-order chi connectivity index (χ0) is 81.2. The first-order chi connectivity index (χ1) is 52.9. The van der Waals surface area contributed by atoms with Crippen LogP contribution < -0.4 is 33.1 Å². The number of amides is 1. The number of aliphatic imine (C=N–C) groups is 1. The highest BCUT2D eigenvalue weighted by Gasteiger charge is 2.20. The molecule has 1 amide bonds. The van der Waals surface area contributed by atoms with E-state index in [0.29, 0.717) is 58.5 Å². The number of ether oxygens (including phenoxy) is 2. The number of hydrogen-bond acceptors (Lipinski definition) is 24. The largest absolute Gasteiger partial charge is 0.464 e. The Morgan fingerprint density at radius 3 is 1.75 bits per heavy atom. The number of nitrogens with one attached hydrogen (secondary N) is 6. The Morgan fingerprint density at radius 2 is 1.13 bits per heavy atom.